The van der Waals surface area contributed by atoms with E-state index in [2.05, 4.69) is 25.5 Å². The van der Waals surface area contributed by atoms with E-state index in [1.54, 1.807) is 13.3 Å². The van der Waals surface area contributed by atoms with Gasteiger partial charge in [-0.3, -0.25) is 5.10 Å². The summed E-state index contributed by atoms with van der Waals surface area (Å²) < 4.78 is 5.38. The second-order valence-electron chi connectivity index (χ2n) is 4.45. The van der Waals surface area contributed by atoms with E-state index in [4.69, 9.17) is 4.74 Å². The summed E-state index contributed by atoms with van der Waals surface area (Å²) in [7, 11) is 1.67. The number of pyridine rings is 1. The second kappa shape index (κ2) is 5.16. The van der Waals surface area contributed by atoms with Crippen LogP contribution in [0.4, 0.5) is 5.82 Å². The van der Waals surface area contributed by atoms with Crippen LogP contribution in [0.3, 0.4) is 0 Å². The van der Waals surface area contributed by atoms with Gasteiger partial charge in [-0.15, -0.1) is 0 Å². The number of methoxy groups -OCH3 is 1. The lowest BCUT2D eigenvalue weighted by Gasteiger charge is -2.14. The summed E-state index contributed by atoms with van der Waals surface area (Å²) in [6, 6.07) is 7.83. The Bertz CT molecular complexity index is 711. The Kier molecular flexibility index (Phi) is 3.20. The minimum atomic E-state index is -0.0122. The third-order valence-electron chi connectivity index (χ3n) is 3.18. The van der Waals surface area contributed by atoms with E-state index < -0.39 is 0 Å². The van der Waals surface area contributed by atoms with Gasteiger partial charge in [0.25, 0.3) is 0 Å². The number of rotatable bonds is 4. The Morgan fingerprint density at radius 3 is 2.85 bits per heavy atom. The van der Waals surface area contributed by atoms with Crippen LogP contribution in [-0.2, 0) is 0 Å². The van der Waals surface area contributed by atoms with Crippen molar-refractivity contribution in [3.63, 3.8) is 0 Å². The maximum Gasteiger partial charge on any atom is 0.146 e. The van der Waals surface area contributed by atoms with Gasteiger partial charge in [-0.1, -0.05) is 12.1 Å². The molecule has 0 bridgehead atoms. The van der Waals surface area contributed by atoms with Gasteiger partial charge in [0, 0.05) is 17.0 Å². The number of H-pyrrole nitrogens is 1. The number of fused-ring (bicyclic) bond motifs is 1. The lowest BCUT2D eigenvalue weighted by molar-refractivity contribution is 0.420. The van der Waals surface area contributed by atoms with E-state index in [0.717, 1.165) is 28.2 Å². The van der Waals surface area contributed by atoms with Gasteiger partial charge in [0.1, 0.15) is 23.7 Å². The molecule has 20 heavy (non-hydrogen) atoms. The number of ether oxygens (including phenoxy) is 1. The van der Waals surface area contributed by atoms with E-state index in [0.29, 0.717) is 0 Å². The van der Waals surface area contributed by atoms with E-state index in [1.165, 1.54) is 6.33 Å². The zero-order valence-electron chi connectivity index (χ0n) is 11.3. The SMILES string of the molecule is COc1cccc2c(NC(C)c3ncn[nH]3)nccc12. The predicted molar refractivity (Wildman–Crippen MR) is 76.7 cm³/mol. The topological polar surface area (TPSA) is 75.7 Å². The summed E-state index contributed by atoms with van der Waals surface area (Å²) in [5.74, 6) is 2.40. The summed E-state index contributed by atoms with van der Waals surface area (Å²) in [5.41, 5.74) is 0. The highest BCUT2D eigenvalue weighted by Gasteiger charge is 2.12. The fourth-order valence-corrected chi connectivity index (χ4v) is 2.17. The van der Waals surface area contributed by atoms with Crippen LogP contribution in [0, 0.1) is 0 Å². The van der Waals surface area contributed by atoms with Gasteiger partial charge in [0.05, 0.1) is 13.2 Å². The van der Waals surface area contributed by atoms with Gasteiger partial charge in [-0.05, 0) is 19.1 Å². The summed E-state index contributed by atoms with van der Waals surface area (Å²) >= 11 is 0. The van der Waals surface area contributed by atoms with Crippen molar-refractivity contribution in [2.45, 2.75) is 13.0 Å². The van der Waals surface area contributed by atoms with Crippen molar-refractivity contribution in [3.05, 3.63) is 42.6 Å². The van der Waals surface area contributed by atoms with Crippen molar-refractivity contribution in [1.82, 2.24) is 20.2 Å². The van der Waals surface area contributed by atoms with Crippen LogP contribution in [-0.4, -0.2) is 27.3 Å². The Balaban J connectivity index is 2.00. The lowest BCUT2D eigenvalue weighted by Crippen LogP contribution is -2.10. The first kappa shape index (κ1) is 12.4. The molecule has 2 heterocycles. The molecule has 1 aromatic carbocycles. The number of nitrogens with zero attached hydrogens (tertiary/aromatic N) is 3. The monoisotopic (exact) mass is 269 g/mol. The molecule has 0 aliphatic carbocycles. The van der Waals surface area contributed by atoms with Crippen LogP contribution < -0.4 is 10.1 Å². The summed E-state index contributed by atoms with van der Waals surface area (Å²) in [6.45, 7) is 2.00. The van der Waals surface area contributed by atoms with Gasteiger partial charge < -0.3 is 10.1 Å². The molecule has 0 aliphatic heterocycles. The molecular formula is C14H15N5O. The number of aromatic nitrogens is 4. The van der Waals surface area contributed by atoms with Crippen molar-refractivity contribution >= 4 is 16.6 Å². The molecule has 0 aliphatic rings. The minimum absolute atomic E-state index is 0.0122. The molecule has 1 atom stereocenters. The third kappa shape index (κ3) is 2.16. The smallest absolute Gasteiger partial charge is 0.146 e. The van der Waals surface area contributed by atoms with Crippen molar-refractivity contribution in [3.8, 4) is 5.75 Å². The van der Waals surface area contributed by atoms with Crippen LogP contribution in [0.2, 0.25) is 0 Å². The van der Waals surface area contributed by atoms with E-state index in [1.807, 2.05) is 31.2 Å². The highest BCUT2D eigenvalue weighted by Crippen LogP contribution is 2.30. The van der Waals surface area contributed by atoms with Crippen LogP contribution in [0.1, 0.15) is 18.8 Å². The molecule has 102 valence electrons. The molecule has 0 saturated carbocycles. The molecule has 0 amide bonds. The Morgan fingerprint density at radius 1 is 1.20 bits per heavy atom. The van der Waals surface area contributed by atoms with Crippen LogP contribution in [0.5, 0.6) is 5.75 Å². The second-order valence-corrected chi connectivity index (χ2v) is 4.45. The number of anilines is 1. The van der Waals surface area contributed by atoms with Crippen molar-refractivity contribution < 1.29 is 4.74 Å². The third-order valence-corrected chi connectivity index (χ3v) is 3.18. The average molecular weight is 269 g/mol. The lowest BCUT2D eigenvalue weighted by atomic mass is 10.1. The number of nitrogens with one attached hydrogen (secondary N) is 2. The van der Waals surface area contributed by atoms with Gasteiger partial charge >= 0.3 is 0 Å². The number of benzene rings is 1. The number of hydrogen-bond acceptors (Lipinski definition) is 5. The number of aromatic amines is 1. The maximum absolute atomic E-state index is 5.38. The largest absolute Gasteiger partial charge is 0.496 e. The highest BCUT2D eigenvalue weighted by molar-refractivity contribution is 5.95. The Hall–Kier alpha value is -2.63. The molecule has 0 radical (unpaired) electrons. The first-order valence-electron chi connectivity index (χ1n) is 6.33. The highest BCUT2D eigenvalue weighted by atomic mass is 16.5. The van der Waals surface area contributed by atoms with Crippen LogP contribution in [0.25, 0.3) is 10.8 Å². The quantitative estimate of drug-likeness (QED) is 0.761. The first-order chi connectivity index (χ1) is 9.79. The molecule has 2 aromatic heterocycles. The van der Waals surface area contributed by atoms with Gasteiger partial charge in [0.15, 0.2) is 0 Å². The van der Waals surface area contributed by atoms with Gasteiger partial charge in [-0.25, -0.2) is 9.97 Å². The predicted octanol–water partition coefficient (Wildman–Crippen LogP) is 2.53. The van der Waals surface area contributed by atoms with Gasteiger partial charge in [-0.2, -0.15) is 5.10 Å². The molecule has 3 aromatic rings. The summed E-state index contributed by atoms with van der Waals surface area (Å²) in [6.07, 6.45) is 3.26. The molecule has 6 heteroatoms. The average Bonchev–Trinajstić information content (AvgIpc) is 3.01. The standard InChI is InChI=1S/C14H15N5O/c1-9(13-16-8-17-19-13)18-14-11-4-3-5-12(20-2)10(11)6-7-15-14/h3-9H,1-2H3,(H,15,18)(H,16,17,19). The Morgan fingerprint density at radius 2 is 2.10 bits per heavy atom. The normalized spacial score (nSPS) is 12.3. The van der Waals surface area contributed by atoms with Crippen molar-refractivity contribution in [2.75, 3.05) is 12.4 Å². The molecule has 0 saturated heterocycles. The molecule has 3 rings (SSSR count). The number of hydrogen-bond donors (Lipinski definition) is 2. The van der Waals surface area contributed by atoms with Crippen LogP contribution in [0.15, 0.2) is 36.8 Å². The van der Waals surface area contributed by atoms with E-state index in [-0.39, 0.29) is 6.04 Å². The van der Waals surface area contributed by atoms with E-state index >= 15 is 0 Å². The van der Waals surface area contributed by atoms with Gasteiger partial charge in [0.2, 0.25) is 0 Å². The molecule has 1 unspecified atom stereocenters. The van der Waals surface area contributed by atoms with Crippen molar-refractivity contribution in [1.29, 1.82) is 0 Å². The Labute approximate surface area is 116 Å². The summed E-state index contributed by atoms with van der Waals surface area (Å²) in [4.78, 5) is 8.55. The summed E-state index contributed by atoms with van der Waals surface area (Å²) in [5, 5.41) is 12.1. The fraction of sp³-hybridized carbons (Fsp3) is 0.214. The van der Waals surface area contributed by atoms with Crippen LogP contribution >= 0.6 is 0 Å². The zero-order chi connectivity index (χ0) is 13.9. The molecular weight excluding hydrogens is 254 g/mol. The van der Waals surface area contributed by atoms with Crippen molar-refractivity contribution in [2.24, 2.45) is 0 Å². The minimum Gasteiger partial charge on any atom is -0.496 e. The zero-order valence-corrected chi connectivity index (χ0v) is 11.3. The first-order valence-corrected chi connectivity index (χ1v) is 6.33. The fourth-order valence-electron chi connectivity index (χ4n) is 2.17. The van der Waals surface area contributed by atoms with E-state index in [9.17, 15) is 0 Å². The molecule has 0 spiro atoms. The molecule has 0 fully saturated rings. The molecule has 6 nitrogen and oxygen atoms in total. The molecule has 2 N–H and O–H groups in total. The maximum atomic E-state index is 5.38.